The van der Waals surface area contributed by atoms with E-state index < -0.39 is 94.3 Å². The van der Waals surface area contributed by atoms with Gasteiger partial charge in [0, 0.05) is 105 Å². The molecule has 6 fully saturated rings. The lowest BCUT2D eigenvalue weighted by Gasteiger charge is -2.72. The molecule has 89 heavy (non-hydrogen) atoms. The van der Waals surface area contributed by atoms with Crippen LogP contribution in [0.25, 0.3) is 0 Å². The quantitative estimate of drug-likeness (QED) is 0.0208. The number of carbonyl (C=O) groups excluding carboxylic acids is 5. The first-order chi connectivity index (χ1) is 42.2. The van der Waals surface area contributed by atoms with Crippen molar-refractivity contribution < 1.29 is 62.8 Å². The van der Waals surface area contributed by atoms with Crippen LogP contribution in [0.15, 0.2) is 117 Å². The van der Waals surface area contributed by atoms with E-state index in [1.165, 1.54) is 35.0 Å². The van der Waals surface area contributed by atoms with Crippen molar-refractivity contribution in [3.63, 3.8) is 0 Å². The van der Waals surface area contributed by atoms with Gasteiger partial charge in [0.2, 0.25) is 18.2 Å². The number of hydrogen-bond donors (Lipinski definition) is 3. The van der Waals surface area contributed by atoms with Crippen molar-refractivity contribution in [3.8, 4) is 0 Å². The molecule has 17 nitrogen and oxygen atoms in total. The fourth-order valence-corrected chi connectivity index (χ4v) is 17.2. The number of piperazine rings is 2. The Kier molecular flexibility index (Phi) is 18.4. The lowest BCUT2D eigenvalue weighted by Crippen LogP contribution is -2.66. The molecule has 4 aliphatic heterocycles. The number of nitrogens with zero attached hydrogens (tertiary/aromatic N) is 5. The minimum Gasteiger partial charge on any atom is -0.380 e. The number of unbranched alkanes of at least 4 members (excludes halogenated alkanes) is 1. The number of halogens is 5. The molecule has 8 aliphatic rings. The molecule has 3 N–H and O–H groups in total. The number of fused-ring (bicyclic) bond motifs is 1. The van der Waals surface area contributed by atoms with Gasteiger partial charge in [0.05, 0.1) is 21.7 Å². The summed E-state index contributed by atoms with van der Waals surface area (Å²) in [7, 11) is -11.1. The Labute approximate surface area is 520 Å². The number of allylic oxidation sites excluding steroid dienone is 1. The summed E-state index contributed by atoms with van der Waals surface area (Å²) in [5, 5.41) is 5.24. The average Bonchev–Trinajstić information content (AvgIpc) is 1.11. The Morgan fingerprint density at radius 2 is 1.43 bits per heavy atom. The van der Waals surface area contributed by atoms with E-state index in [2.05, 4.69) is 44.1 Å². The van der Waals surface area contributed by atoms with Crippen molar-refractivity contribution in [1.29, 1.82) is 0 Å². The Morgan fingerprint density at radius 1 is 0.764 bits per heavy atom. The summed E-state index contributed by atoms with van der Waals surface area (Å²) in [5.41, 5.74) is -2.08. The minimum atomic E-state index is -6.15. The summed E-state index contributed by atoms with van der Waals surface area (Å²) in [6.07, 6.45) is 5.23. The Bertz CT molecular complexity index is 3630. The third-order valence-electron chi connectivity index (χ3n) is 19.2. The molecule has 4 aromatic rings. The molecular weight excluding hydrogens is 1220 g/mol. The van der Waals surface area contributed by atoms with Crippen LogP contribution in [-0.2, 0) is 35.9 Å². The fourth-order valence-electron chi connectivity index (χ4n) is 14.2. The van der Waals surface area contributed by atoms with Gasteiger partial charge in [-0.25, -0.2) is 30.3 Å². The highest BCUT2D eigenvalue weighted by Gasteiger charge is 2.73. The van der Waals surface area contributed by atoms with Crippen LogP contribution in [0, 0.1) is 16.2 Å². The predicted octanol–water partition coefficient (Wildman–Crippen LogP) is 9.17. The molecule has 12 rings (SSSR count). The van der Waals surface area contributed by atoms with Crippen molar-refractivity contribution in [2.45, 2.75) is 130 Å². The van der Waals surface area contributed by atoms with E-state index in [-0.39, 0.29) is 40.4 Å². The van der Waals surface area contributed by atoms with Gasteiger partial charge in [0.15, 0.2) is 0 Å². The van der Waals surface area contributed by atoms with Gasteiger partial charge < -0.3 is 20.0 Å². The van der Waals surface area contributed by atoms with E-state index in [0.29, 0.717) is 76.6 Å². The summed E-state index contributed by atoms with van der Waals surface area (Å²) >= 11 is 1.42. The van der Waals surface area contributed by atoms with Gasteiger partial charge in [-0.3, -0.25) is 39.1 Å². The summed E-state index contributed by atoms with van der Waals surface area (Å²) in [6, 6.07) is 21.4. The summed E-state index contributed by atoms with van der Waals surface area (Å²) in [5.74, 6) is -2.98. The Morgan fingerprint density at radius 3 is 2.09 bits per heavy atom. The molecule has 4 aromatic carbocycles. The zero-order valence-electron chi connectivity index (χ0n) is 49.9. The number of benzene rings is 4. The van der Waals surface area contributed by atoms with Crippen LogP contribution in [0.3, 0.4) is 0 Å². The number of sulfone groups is 1. The number of piperidine rings is 1. The normalized spacial score (nSPS) is 23.9. The topological polar surface area (TPSA) is 206 Å². The number of anilines is 2. The van der Waals surface area contributed by atoms with Crippen molar-refractivity contribution in [1.82, 2.24) is 29.6 Å². The van der Waals surface area contributed by atoms with Gasteiger partial charge in [-0.1, -0.05) is 49.3 Å². The molecule has 0 spiro atoms. The SMILES string of the molecule is CC1(C)CCC(CN2CCN(c3ccc(C(=O)NS(=O)(=O)c4ccc(N[C@H](CCN5CCN(CCCCc6ccc7c(c6)C(=O)N(C6CCC(=O)NC6=O)C7=O)CC5)CSc5ccccc5)c(S(=O)(=O)C(F)(F)F)c4)cc3)CC2)=C(C23CC(C(F)F)(C2)C3)C1. The van der Waals surface area contributed by atoms with E-state index in [9.17, 15) is 62.8 Å². The van der Waals surface area contributed by atoms with Crippen LogP contribution >= 0.6 is 11.8 Å². The maximum atomic E-state index is 14.5. The summed E-state index contributed by atoms with van der Waals surface area (Å²) in [6.45, 7) is 12.4. The van der Waals surface area contributed by atoms with Crippen molar-refractivity contribution in [2.24, 2.45) is 16.2 Å². The average molecular weight is 1290 g/mol. The van der Waals surface area contributed by atoms with E-state index in [1.54, 1.807) is 24.3 Å². The number of carbonyl (C=O) groups is 5. The van der Waals surface area contributed by atoms with Crippen molar-refractivity contribution in [3.05, 3.63) is 124 Å². The molecule has 1 unspecified atom stereocenters. The van der Waals surface area contributed by atoms with Crippen LogP contribution in [0.2, 0.25) is 0 Å². The molecule has 0 aromatic heterocycles. The third kappa shape index (κ3) is 13.7. The smallest absolute Gasteiger partial charge is 0.380 e. The first kappa shape index (κ1) is 64.3. The predicted molar refractivity (Wildman–Crippen MR) is 327 cm³/mol. The molecule has 5 amide bonds. The zero-order valence-corrected chi connectivity index (χ0v) is 52.3. The number of sulfonamides is 1. The molecule has 2 atom stereocenters. The lowest BCUT2D eigenvalue weighted by molar-refractivity contribution is -0.250. The van der Waals surface area contributed by atoms with Crippen LogP contribution in [0.1, 0.15) is 121 Å². The number of rotatable bonds is 23. The Balaban J connectivity index is 0.681. The van der Waals surface area contributed by atoms with Crippen LogP contribution in [0.4, 0.5) is 33.3 Å². The van der Waals surface area contributed by atoms with E-state index in [0.717, 1.165) is 105 Å². The number of nitrogens with one attached hydrogen (secondary N) is 3. The maximum Gasteiger partial charge on any atom is 0.501 e. The number of thioether (sulfide) groups is 1. The number of aryl methyl sites for hydroxylation is 1. The van der Waals surface area contributed by atoms with E-state index in [1.807, 2.05) is 41.1 Å². The van der Waals surface area contributed by atoms with Crippen LogP contribution in [0.5, 0.6) is 0 Å². The monoisotopic (exact) mass is 1290 g/mol. The number of imide groups is 2. The number of amides is 5. The maximum absolute atomic E-state index is 14.5. The highest BCUT2D eigenvalue weighted by molar-refractivity contribution is 7.99. The second-order valence-electron chi connectivity index (χ2n) is 26.0. The lowest BCUT2D eigenvalue weighted by atomic mass is 9.32. The van der Waals surface area contributed by atoms with Gasteiger partial charge in [-0.15, -0.1) is 11.8 Å². The molecule has 2 bridgehead atoms. The minimum absolute atomic E-state index is 0.0339. The molecule has 3 saturated heterocycles. The molecule has 4 aliphatic carbocycles. The van der Waals surface area contributed by atoms with Crippen LogP contribution < -0.4 is 20.3 Å². The van der Waals surface area contributed by atoms with Crippen molar-refractivity contribution in [2.75, 3.05) is 88.0 Å². The zero-order chi connectivity index (χ0) is 63.3. The van der Waals surface area contributed by atoms with E-state index in [4.69, 9.17) is 0 Å². The molecule has 4 heterocycles. The van der Waals surface area contributed by atoms with Gasteiger partial charge in [0.25, 0.3) is 37.6 Å². The Hall–Kier alpha value is -6.25. The van der Waals surface area contributed by atoms with Gasteiger partial charge >= 0.3 is 5.51 Å². The van der Waals surface area contributed by atoms with Crippen LogP contribution in [-0.4, -0.2) is 168 Å². The molecule has 0 radical (unpaired) electrons. The first-order valence-electron chi connectivity index (χ1n) is 30.6. The fraction of sp³-hybridized carbons (Fsp3) is 0.516. The molecule has 25 heteroatoms. The summed E-state index contributed by atoms with van der Waals surface area (Å²) < 4.78 is 127. The summed E-state index contributed by atoms with van der Waals surface area (Å²) in [4.78, 5) is 72.9. The van der Waals surface area contributed by atoms with E-state index >= 15 is 0 Å². The van der Waals surface area contributed by atoms with Crippen molar-refractivity contribution >= 4 is 72.5 Å². The van der Waals surface area contributed by atoms with Gasteiger partial charge in [0.1, 0.15) is 10.9 Å². The highest BCUT2D eigenvalue weighted by atomic mass is 32.2. The third-order valence-corrected chi connectivity index (χ3v) is 23.3. The standard InChI is InChI=1S/C64H75F5N8O9S3/c1-61(2)23-21-44(51(36-61)62-39-63(40-62,41-62)60(65)66)37-75-30-32-76(33-31-75)46-14-12-43(13-15-46)56(79)72-89(85,86)48-16-18-52(54(35-48)88(83,84)64(67,68)69)70-45(38-87-47-9-4-3-5-10-47)22-25-74-28-26-73(27-29-74)24-7-6-8-42-11-17-49-50(34-42)59(82)77(58(49)81)53-19-20-55(78)71-57(53)80/h3-5,9-18,34-35,45,53,60,70H,6-8,19-33,36-41H2,1-2H3,(H,72,79)(H,71,78,80)/t45-,53?,62?,63?/m1/s1. The first-order valence-corrected chi connectivity index (χ1v) is 34.5. The highest BCUT2D eigenvalue weighted by Crippen LogP contribution is 2.79. The van der Waals surface area contributed by atoms with Gasteiger partial charge in [-0.2, -0.15) is 13.2 Å². The molecule has 3 saturated carbocycles. The van der Waals surface area contributed by atoms with Gasteiger partial charge in [-0.05, 0) is 160 Å². The second-order valence-corrected chi connectivity index (χ2v) is 30.7. The molecular formula is C64H75F5N8O9S3. The largest absolute Gasteiger partial charge is 0.501 e. The second kappa shape index (κ2) is 25.4. The molecule has 478 valence electrons. The number of hydrogen-bond acceptors (Lipinski definition) is 15. The number of alkyl halides is 5.